The maximum Gasteiger partial charge on any atom is 0.0725 e. The highest BCUT2D eigenvalue weighted by molar-refractivity contribution is 7.99. The molecular weight excluding hydrogens is 645 g/mol. The fourth-order valence-electron chi connectivity index (χ4n) is 9.79. The number of hydrogen-bond donors (Lipinski definition) is 0. The van der Waals surface area contributed by atoms with E-state index in [1.54, 1.807) is 0 Å². The summed E-state index contributed by atoms with van der Waals surface area (Å²) in [4.78, 5) is 2.65. The van der Waals surface area contributed by atoms with Crippen LogP contribution in [-0.4, -0.2) is 0 Å². The molecule has 1 heterocycles. The molecule has 0 N–H and O–H groups in total. The summed E-state index contributed by atoms with van der Waals surface area (Å²) in [6.45, 7) is 0. The van der Waals surface area contributed by atoms with Crippen molar-refractivity contribution in [3.8, 4) is 55.6 Å². The minimum atomic E-state index is -0.401. The van der Waals surface area contributed by atoms with Crippen LogP contribution in [0.1, 0.15) is 22.3 Å². The molecule has 0 saturated heterocycles. The van der Waals surface area contributed by atoms with Gasteiger partial charge in [-0.05, 0) is 118 Å². The lowest BCUT2D eigenvalue weighted by Gasteiger charge is -2.31. The molecule has 9 aromatic rings. The van der Waals surface area contributed by atoms with Gasteiger partial charge in [-0.1, -0.05) is 169 Å². The van der Waals surface area contributed by atoms with Crippen molar-refractivity contribution in [3.05, 3.63) is 204 Å². The van der Waals surface area contributed by atoms with E-state index in [1.165, 1.54) is 109 Å². The van der Waals surface area contributed by atoms with Crippen LogP contribution in [0.5, 0.6) is 0 Å². The lowest BCUT2D eigenvalue weighted by molar-refractivity contribution is 0.795. The largest absolute Gasteiger partial charge is 0.0888 e. The molecule has 52 heavy (non-hydrogen) atoms. The third-order valence-electron chi connectivity index (χ3n) is 11.9. The standard InChI is InChI=1S/C51H30S/c1-2-16-37-31(11-1)24-27-45-50(37)41-18-6-8-21-44(41)51(45)43-20-7-5-17-38(43)39-26-23-34(30-46(39)51)36-15-4-3-14-35(36)33-25-28-47-42(29-33)40-19-9-12-32-13-10-22-48(52-47)49(32)40/h1-30H. The SMILES string of the molecule is c1ccc(-c2ccc3c(c2)C2(c4ccccc4-3)c3ccccc3-c3c2ccc2ccccc32)c(-c2ccc3c(c2)-c2cccc4cccc(c24)S3)c1. The normalized spacial score (nSPS) is 15.7. The van der Waals surface area contributed by atoms with Gasteiger partial charge in [0.15, 0.2) is 0 Å². The van der Waals surface area contributed by atoms with Gasteiger partial charge in [0.1, 0.15) is 0 Å². The Labute approximate surface area is 307 Å². The van der Waals surface area contributed by atoms with E-state index in [1.807, 2.05) is 11.8 Å². The van der Waals surface area contributed by atoms with E-state index < -0.39 is 5.41 Å². The molecule has 0 bridgehead atoms. The summed E-state index contributed by atoms with van der Waals surface area (Å²) in [6.07, 6.45) is 0. The quantitative estimate of drug-likeness (QED) is 0.176. The Morgan fingerprint density at radius 3 is 1.79 bits per heavy atom. The Morgan fingerprint density at radius 2 is 0.942 bits per heavy atom. The molecule has 1 unspecified atom stereocenters. The summed E-state index contributed by atoms with van der Waals surface area (Å²) in [5.74, 6) is 0. The van der Waals surface area contributed by atoms with E-state index in [-0.39, 0.29) is 0 Å². The summed E-state index contributed by atoms with van der Waals surface area (Å²) in [5, 5.41) is 5.27. The zero-order chi connectivity index (χ0) is 34.0. The molecule has 0 saturated carbocycles. The van der Waals surface area contributed by atoms with Crippen molar-refractivity contribution < 1.29 is 0 Å². The average molecular weight is 675 g/mol. The molecular formula is C51H30S. The maximum atomic E-state index is 2.51. The molecule has 0 amide bonds. The van der Waals surface area contributed by atoms with Crippen molar-refractivity contribution in [2.45, 2.75) is 15.2 Å². The minimum Gasteiger partial charge on any atom is -0.0888 e. The van der Waals surface area contributed by atoms with Crippen LogP contribution in [0.15, 0.2) is 192 Å². The first-order valence-corrected chi connectivity index (χ1v) is 18.9. The fourth-order valence-corrected chi connectivity index (χ4v) is 10.9. The van der Waals surface area contributed by atoms with Crippen molar-refractivity contribution in [2.24, 2.45) is 0 Å². The van der Waals surface area contributed by atoms with Crippen molar-refractivity contribution in [3.63, 3.8) is 0 Å². The van der Waals surface area contributed by atoms with Crippen LogP contribution in [0.4, 0.5) is 0 Å². The third-order valence-corrected chi connectivity index (χ3v) is 13.0. The molecule has 9 aromatic carbocycles. The Bertz CT molecular complexity index is 3000. The van der Waals surface area contributed by atoms with Crippen LogP contribution in [0, 0.1) is 0 Å². The van der Waals surface area contributed by atoms with Crippen LogP contribution in [0.2, 0.25) is 0 Å². The van der Waals surface area contributed by atoms with Crippen LogP contribution < -0.4 is 0 Å². The highest BCUT2D eigenvalue weighted by Crippen LogP contribution is 2.64. The molecule has 12 rings (SSSR count). The molecule has 0 aromatic heterocycles. The molecule has 1 heteroatoms. The molecule has 0 nitrogen and oxygen atoms in total. The lowest BCUT2D eigenvalue weighted by atomic mass is 9.70. The van der Waals surface area contributed by atoms with Gasteiger partial charge in [0.05, 0.1) is 5.41 Å². The maximum absolute atomic E-state index is 2.51. The Balaban J connectivity index is 1.09. The van der Waals surface area contributed by atoms with E-state index in [9.17, 15) is 0 Å². The summed E-state index contributed by atoms with van der Waals surface area (Å²) in [6, 6.07) is 68.5. The Kier molecular flexibility index (Phi) is 5.73. The molecule has 1 aliphatic heterocycles. The summed E-state index contributed by atoms with van der Waals surface area (Å²) in [7, 11) is 0. The van der Waals surface area contributed by atoms with E-state index in [4.69, 9.17) is 0 Å². The van der Waals surface area contributed by atoms with Gasteiger partial charge in [-0.25, -0.2) is 0 Å². The molecule has 240 valence electrons. The molecule has 1 spiro atoms. The number of fused-ring (bicyclic) bond motifs is 14. The van der Waals surface area contributed by atoms with Gasteiger partial charge in [-0.15, -0.1) is 0 Å². The van der Waals surface area contributed by atoms with Gasteiger partial charge in [0.25, 0.3) is 0 Å². The van der Waals surface area contributed by atoms with Crippen LogP contribution in [0.3, 0.4) is 0 Å². The van der Waals surface area contributed by atoms with Crippen LogP contribution in [-0.2, 0) is 5.41 Å². The van der Waals surface area contributed by atoms with E-state index >= 15 is 0 Å². The molecule has 2 aliphatic carbocycles. The van der Waals surface area contributed by atoms with E-state index in [0.717, 1.165) is 0 Å². The van der Waals surface area contributed by atoms with Crippen molar-refractivity contribution in [1.29, 1.82) is 0 Å². The smallest absolute Gasteiger partial charge is 0.0725 e. The summed E-state index contributed by atoms with van der Waals surface area (Å²) in [5.41, 5.74) is 18.1. The van der Waals surface area contributed by atoms with Crippen molar-refractivity contribution in [1.82, 2.24) is 0 Å². The first-order chi connectivity index (χ1) is 25.8. The third kappa shape index (κ3) is 3.63. The van der Waals surface area contributed by atoms with Gasteiger partial charge in [-0.3, -0.25) is 0 Å². The molecule has 3 aliphatic rings. The van der Waals surface area contributed by atoms with Gasteiger partial charge >= 0.3 is 0 Å². The second kappa shape index (κ2) is 10.4. The van der Waals surface area contributed by atoms with Crippen molar-refractivity contribution in [2.75, 3.05) is 0 Å². The summed E-state index contributed by atoms with van der Waals surface area (Å²) < 4.78 is 0. The topological polar surface area (TPSA) is 0 Å². The second-order valence-corrected chi connectivity index (χ2v) is 15.4. The zero-order valence-corrected chi connectivity index (χ0v) is 29.0. The number of hydrogen-bond acceptors (Lipinski definition) is 1. The van der Waals surface area contributed by atoms with E-state index in [0.29, 0.717) is 0 Å². The van der Waals surface area contributed by atoms with Crippen LogP contribution >= 0.6 is 11.8 Å². The Hall–Kier alpha value is -6.15. The molecule has 1 atom stereocenters. The Morgan fingerprint density at radius 1 is 0.327 bits per heavy atom. The predicted octanol–water partition coefficient (Wildman–Crippen LogP) is 13.8. The van der Waals surface area contributed by atoms with Gasteiger partial charge in [0, 0.05) is 15.2 Å². The number of benzene rings is 9. The lowest BCUT2D eigenvalue weighted by Crippen LogP contribution is -2.25. The van der Waals surface area contributed by atoms with Crippen LogP contribution in [0.25, 0.3) is 77.2 Å². The van der Waals surface area contributed by atoms with E-state index in [2.05, 4.69) is 182 Å². The monoisotopic (exact) mass is 674 g/mol. The van der Waals surface area contributed by atoms with Gasteiger partial charge in [0.2, 0.25) is 0 Å². The molecule has 0 fully saturated rings. The summed E-state index contributed by atoms with van der Waals surface area (Å²) >= 11 is 1.89. The number of rotatable bonds is 2. The highest BCUT2D eigenvalue weighted by atomic mass is 32.2. The van der Waals surface area contributed by atoms with Gasteiger partial charge < -0.3 is 0 Å². The zero-order valence-electron chi connectivity index (χ0n) is 28.2. The predicted molar refractivity (Wildman–Crippen MR) is 218 cm³/mol. The first kappa shape index (κ1) is 28.5. The average Bonchev–Trinajstić information content (AvgIpc) is 3.68. The second-order valence-electron chi connectivity index (χ2n) is 14.3. The first-order valence-electron chi connectivity index (χ1n) is 18.1. The minimum absolute atomic E-state index is 0.401. The highest BCUT2D eigenvalue weighted by Gasteiger charge is 2.52. The van der Waals surface area contributed by atoms with Gasteiger partial charge in [-0.2, -0.15) is 0 Å². The van der Waals surface area contributed by atoms with Crippen molar-refractivity contribution >= 4 is 33.3 Å². The molecule has 0 radical (unpaired) electrons. The fraction of sp³-hybridized carbons (Fsp3) is 0.0196.